The van der Waals surface area contributed by atoms with Crippen LogP contribution < -0.4 is 10.8 Å². The van der Waals surface area contributed by atoms with E-state index in [1.165, 1.54) is 0 Å². The Labute approximate surface area is 70.4 Å². The molecule has 0 saturated heterocycles. The van der Waals surface area contributed by atoms with E-state index >= 15 is 0 Å². The van der Waals surface area contributed by atoms with Crippen LogP contribution in [0, 0.1) is 0 Å². The van der Waals surface area contributed by atoms with Gasteiger partial charge in [-0.15, -0.1) is 0 Å². The first-order chi connectivity index (χ1) is 5.22. The molecule has 0 aliphatic rings. The van der Waals surface area contributed by atoms with Crippen molar-refractivity contribution < 1.29 is 4.79 Å². The summed E-state index contributed by atoms with van der Waals surface area (Å²) in [5.74, 6) is 0.192. The third-order valence-electron chi connectivity index (χ3n) is 1.64. The average molecular weight is 176 g/mol. The summed E-state index contributed by atoms with van der Waals surface area (Å²) in [5.41, 5.74) is 5.32. The van der Waals surface area contributed by atoms with E-state index in [0.717, 1.165) is 19.3 Å². The van der Waals surface area contributed by atoms with Crippen LogP contribution in [0.5, 0.6) is 0 Å². The summed E-state index contributed by atoms with van der Waals surface area (Å²) in [4.78, 5) is 10.9. The maximum Gasteiger partial charge on any atom is 0.146 e. The Morgan fingerprint density at radius 3 is 2.64 bits per heavy atom. The Morgan fingerprint density at radius 2 is 2.27 bits per heavy atom. The van der Waals surface area contributed by atoms with Gasteiger partial charge in [0.2, 0.25) is 0 Å². The highest BCUT2D eigenvalue weighted by Crippen LogP contribution is 2.02. The quantitative estimate of drug-likeness (QED) is 0.456. The molecule has 0 aromatic carbocycles. The average Bonchev–Trinajstić information content (AvgIpc) is 1.97. The molecule has 0 rings (SSSR count). The van der Waals surface area contributed by atoms with E-state index in [9.17, 15) is 4.79 Å². The molecule has 0 bridgehead atoms. The molecule has 3 N–H and O–H groups in total. The lowest BCUT2D eigenvalue weighted by Crippen LogP contribution is -2.28. The third-order valence-corrected chi connectivity index (χ3v) is 2.04. The van der Waals surface area contributed by atoms with Gasteiger partial charge in [-0.2, -0.15) is 0 Å². The van der Waals surface area contributed by atoms with Gasteiger partial charge in [0.1, 0.15) is 5.78 Å². The van der Waals surface area contributed by atoms with Gasteiger partial charge >= 0.3 is 0 Å². The van der Waals surface area contributed by atoms with Gasteiger partial charge in [-0.25, -0.2) is 0 Å². The summed E-state index contributed by atoms with van der Waals surface area (Å²) in [6, 6.07) is -0.00782. The van der Waals surface area contributed by atoms with Gasteiger partial charge in [-0.1, -0.05) is 15.8 Å². The van der Waals surface area contributed by atoms with Crippen LogP contribution in [0.3, 0.4) is 0 Å². The maximum atomic E-state index is 10.9. The third kappa shape index (κ3) is 5.31. The fourth-order valence-electron chi connectivity index (χ4n) is 0.897. The zero-order chi connectivity index (χ0) is 8.69. The summed E-state index contributed by atoms with van der Waals surface area (Å²) in [6.07, 6.45) is 2.90. The van der Waals surface area contributed by atoms with E-state index in [0.29, 0.717) is 6.54 Å². The van der Waals surface area contributed by atoms with Gasteiger partial charge in [0.25, 0.3) is 0 Å². The number of nitrogens with one attached hydrogen (secondary N) is 1. The normalized spacial score (nSPS) is 13.0. The molecule has 0 aliphatic carbocycles. The Kier molecular flexibility index (Phi) is 6.73. The topological polar surface area (TPSA) is 55.1 Å². The molecule has 2 unspecified atom stereocenters. The van der Waals surface area contributed by atoms with Crippen molar-refractivity contribution in [2.45, 2.75) is 32.2 Å². The van der Waals surface area contributed by atoms with E-state index in [2.05, 4.69) is 14.5 Å². The number of unbranched alkanes of at least 4 members (excludes halogenated alkanes) is 1. The highest BCUT2D eigenvalue weighted by molar-refractivity contribution is 7.13. The first-order valence-corrected chi connectivity index (χ1v) is 4.46. The number of nitrogens with two attached hydrogens (primary N) is 1. The van der Waals surface area contributed by atoms with Crippen molar-refractivity contribution in [3.8, 4) is 0 Å². The molecule has 0 aliphatic heterocycles. The summed E-state index contributed by atoms with van der Waals surface area (Å²) < 4.78 is 0. The molecule has 3 nitrogen and oxygen atoms in total. The Morgan fingerprint density at radius 1 is 1.64 bits per heavy atom. The molecule has 0 radical (unpaired) electrons. The second kappa shape index (κ2) is 6.71. The van der Waals surface area contributed by atoms with Crippen molar-refractivity contribution in [3.63, 3.8) is 0 Å². The molecule has 0 spiro atoms. The molecule has 0 aromatic heterocycles. The number of carbonyl (C=O) groups excluding carboxylic acids is 1. The molecule has 4 heteroatoms. The number of ketones is 1. The molecule has 11 heavy (non-hydrogen) atoms. The van der Waals surface area contributed by atoms with Crippen LogP contribution in [-0.4, -0.2) is 18.4 Å². The standard InChI is InChI=1S/C7H17N2OP/c1-6(10)7(9-11)4-2-3-5-8/h7,9H,2-5,8,11H2,1H3. The van der Waals surface area contributed by atoms with E-state index in [1.807, 2.05) is 0 Å². The number of Topliss-reactive ketones (excluding diaryl/α,β-unsaturated/α-hetero) is 1. The minimum atomic E-state index is -0.00782. The summed E-state index contributed by atoms with van der Waals surface area (Å²) in [7, 11) is 2.37. The number of carbonyl (C=O) groups is 1. The van der Waals surface area contributed by atoms with Crippen molar-refractivity contribution >= 4 is 15.2 Å². The van der Waals surface area contributed by atoms with Crippen LogP contribution in [0.1, 0.15) is 26.2 Å². The number of rotatable bonds is 6. The van der Waals surface area contributed by atoms with E-state index in [-0.39, 0.29) is 11.8 Å². The van der Waals surface area contributed by atoms with Crippen LogP contribution in [0.2, 0.25) is 0 Å². The van der Waals surface area contributed by atoms with E-state index in [4.69, 9.17) is 5.73 Å². The number of hydrogen-bond acceptors (Lipinski definition) is 3. The Bertz CT molecular complexity index is 119. The molecule has 0 saturated carbocycles. The zero-order valence-electron chi connectivity index (χ0n) is 6.97. The van der Waals surface area contributed by atoms with Crippen LogP contribution in [-0.2, 0) is 4.79 Å². The van der Waals surface area contributed by atoms with Crippen LogP contribution in [0.4, 0.5) is 0 Å². The summed E-state index contributed by atoms with van der Waals surface area (Å²) >= 11 is 0. The van der Waals surface area contributed by atoms with Gasteiger partial charge in [0.05, 0.1) is 6.04 Å². The monoisotopic (exact) mass is 176 g/mol. The lowest BCUT2D eigenvalue weighted by atomic mass is 10.1. The van der Waals surface area contributed by atoms with Crippen LogP contribution in [0.15, 0.2) is 0 Å². The molecular weight excluding hydrogens is 159 g/mol. The van der Waals surface area contributed by atoms with Crippen molar-refractivity contribution in [3.05, 3.63) is 0 Å². The minimum absolute atomic E-state index is 0.00782. The fourth-order valence-corrected chi connectivity index (χ4v) is 1.30. The fraction of sp³-hybridized carbons (Fsp3) is 0.857. The van der Waals surface area contributed by atoms with E-state index < -0.39 is 0 Å². The highest BCUT2D eigenvalue weighted by atomic mass is 31.0. The van der Waals surface area contributed by atoms with Gasteiger partial charge < -0.3 is 5.73 Å². The van der Waals surface area contributed by atoms with E-state index in [1.54, 1.807) is 6.92 Å². The zero-order valence-corrected chi connectivity index (χ0v) is 8.12. The summed E-state index contributed by atoms with van der Waals surface area (Å²) in [5, 5.41) is 2.89. The van der Waals surface area contributed by atoms with Crippen LogP contribution >= 0.6 is 9.39 Å². The largest absolute Gasteiger partial charge is 0.330 e. The SMILES string of the molecule is CC(=O)C(CCCCN)NP. The maximum absolute atomic E-state index is 10.9. The minimum Gasteiger partial charge on any atom is -0.330 e. The summed E-state index contributed by atoms with van der Waals surface area (Å²) in [6.45, 7) is 2.31. The van der Waals surface area contributed by atoms with Crippen LogP contribution in [0.25, 0.3) is 0 Å². The lowest BCUT2D eigenvalue weighted by molar-refractivity contribution is -0.118. The van der Waals surface area contributed by atoms with Crippen molar-refractivity contribution in [2.24, 2.45) is 5.73 Å². The molecule has 66 valence electrons. The lowest BCUT2D eigenvalue weighted by Gasteiger charge is -2.10. The second-order valence-corrected chi connectivity index (χ2v) is 2.95. The van der Waals surface area contributed by atoms with Crippen molar-refractivity contribution in [1.29, 1.82) is 0 Å². The van der Waals surface area contributed by atoms with Crippen molar-refractivity contribution in [1.82, 2.24) is 5.09 Å². The molecule has 0 aromatic rings. The van der Waals surface area contributed by atoms with Gasteiger partial charge in [-0.05, 0) is 26.3 Å². The first-order valence-electron chi connectivity index (χ1n) is 3.89. The van der Waals surface area contributed by atoms with Gasteiger partial charge in [0, 0.05) is 0 Å². The Hall–Kier alpha value is 0.0200. The molecule has 0 fully saturated rings. The second-order valence-electron chi connectivity index (χ2n) is 2.61. The smallest absolute Gasteiger partial charge is 0.146 e. The molecular formula is C7H17N2OP. The predicted octanol–water partition coefficient (Wildman–Crippen LogP) is 0.453. The van der Waals surface area contributed by atoms with Gasteiger partial charge in [0.15, 0.2) is 0 Å². The number of hydrogen-bond donors (Lipinski definition) is 2. The Balaban J connectivity index is 3.44. The molecule has 0 heterocycles. The highest BCUT2D eigenvalue weighted by Gasteiger charge is 2.09. The predicted molar refractivity (Wildman–Crippen MR) is 50.2 cm³/mol. The van der Waals surface area contributed by atoms with Gasteiger partial charge in [-0.3, -0.25) is 9.88 Å². The van der Waals surface area contributed by atoms with Crippen molar-refractivity contribution in [2.75, 3.05) is 6.54 Å². The molecule has 2 atom stereocenters. The molecule has 0 amide bonds. The first kappa shape index (κ1) is 11.0.